The molecule has 1 unspecified atom stereocenters. The van der Waals surface area contributed by atoms with Gasteiger partial charge in [-0.25, -0.2) is 0 Å². The predicted octanol–water partition coefficient (Wildman–Crippen LogP) is 3.51. The second-order valence-corrected chi connectivity index (χ2v) is 4.70. The van der Waals surface area contributed by atoms with E-state index in [-0.39, 0.29) is 0 Å². The van der Waals surface area contributed by atoms with Crippen LogP contribution in [0.15, 0.2) is 11.6 Å². The Bertz CT molecular complexity index is 195. The Hall–Kier alpha value is -0.300. The Morgan fingerprint density at radius 1 is 1.43 bits per heavy atom. The van der Waals surface area contributed by atoms with Crippen LogP contribution in [-0.2, 0) is 0 Å². The first kappa shape index (κ1) is 11.8. The zero-order valence-corrected chi connectivity index (χ0v) is 10.0. The van der Waals surface area contributed by atoms with Crippen molar-refractivity contribution in [3.05, 3.63) is 11.6 Å². The standard InChI is InChI=1S/C13H25N/c1-4-6-9-13(3,5-2)12-7-10-14-11-8-12/h7,14H,4-6,8-11H2,1-3H3. The van der Waals surface area contributed by atoms with Crippen molar-refractivity contribution in [3.63, 3.8) is 0 Å². The minimum atomic E-state index is 0.484. The average molecular weight is 195 g/mol. The fourth-order valence-electron chi connectivity index (χ4n) is 2.30. The first-order valence-electron chi connectivity index (χ1n) is 6.13. The van der Waals surface area contributed by atoms with Crippen LogP contribution in [0.4, 0.5) is 0 Å². The molecule has 0 saturated carbocycles. The molecule has 0 aromatic heterocycles. The summed E-state index contributed by atoms with van der Waals surface area (Å²) in [5, 5.41) is 3.39. The Morgan fingerprint density at radius 2 is 2.21 bits per heavy atom. The number of hydrogen-bond donors (Lipinski definition) is 1. The van der Waals surface area contributed by atoms with Gasteiger partial charge in [0.2, 0.25) is 0 Å². The van der Waals surface area contributed by atoms with Crippen LogP contribution in [0, 0.1) is 5.41 Å². The van der Waals surface area contributed by atoms with Crippen molar-refractivity contribution >= 4 is 0 Å². The van der Waals surface area contributed by atoms with E-state index in [0.29, 0.717) is 5.41 Å². The Labute approximate surface area is 89.0 Å². The van der Waals surface area contributed by atoms with Crippen LogP contribution in [0.25, 0.3) is 0 Å². The van der Waals surface area contributed by atoms with Gasteiger partial charge in [-0.3, -0.25) is 0 Å². The zero-order chi connectivity index (χ0) is 10.4. The molecular formula is C13H25N. The van der Waals surface area contributed by atoms with Crippen LogP contribution in [0.5, 0.6) is 0 Å². The van der Waals surface area contributed by atoms with Crippen LogP contribution < -0.4 is 5.32 Å². The molecule has 1 atom stereocenters. The van der Waals surface area contributed by atoms with E-state index in [1.807, 2.05) is 0 Å². The molecule has 0 bridgehead atoms. The molecule has 0 saturated heterocycles. The van der Waals surface area contributed by atoms with Crippen LogP contribution in [0.2, 0.25) is 0 Å². The van der Waals surface area contributed by atoms with Crippen molar-refractivity contribution in [2.24, 2.45) is 5.41 Å². The topological polar surface area (TPSA) is 12.0 Å². The van der Waals surface area contributed by atoms with Gasteiger partial charge in [0.25, 0.3) is 0 Å². The Balaban J connectivity index is 2.61. The van der Waals surface area contributed by atoms with Gasteiger partial charge in [0.15, 0.2) is 0 Å². The summed E-state index contributed by atoms with van der Waals surface area (Å²) in [6.07, 6.45) is 9.03. The lowest BCUT2D eigenvalue weighted by molar-refractivity contribution is 0.322. The molecule has 1 nitrogen and oxygen atoms in total. The molecule has 82 valence electrons. The summed E-state index contributed by atoms with van der Waals surface area (Å²) in [6, 6.07) is 0. The minimum Gasteiger partial charge on any atom is -0.313 e. The lowest BCUT2D eigenvalue weighted by atomic mass is 9.73. The van der Waals surface area contributed by atoms with E-state index in [0.717, 1.165) is 6.54 Å². The maximum atomic E-state index is 3.39. The molecule has 0 fully saturated rings. The van der Waals surface area contributed by atoms with Crippen LogP contribution in [0.3, 0.4) is 0 Å². The highest BCUT2D eigenvalue weighted by Crippen LogP contribution is 2.38. The van der Waals surface area contributed by atoms with E-state index in [2.05, 4.69) is 32.2 Å². The maximum absolute atomic E-state index is 3.39. The summed E-state index contributed by atoms with van der Waals surface area (Å²) in [5.41, 5.74) is 2.19. The lowest BCUT2D eigenvalue weighted by Gasteiger charge is -2.33. The SMILES string of the molecule is CCCCC(C)(CC)C1=CCNCC1. The lowest BCUT2D eigenvalue weighted by Crippen LogP contribution is -2.28. The molecule has 1 rings (SSSR count). The van der Waals surface area contributed by atoms with Crippen molar-refractivity contribution < 1.29 is 0 Å². The number of rotatable bonds is 5. The van der Waals surface area contributed by atoms with E-state index in [1.165, 1.54) is 38.6 Å². The van der Waals surface area contributed by atoms with Crippen molar-refractivity contribution in [2.75, 3.05) is 13.1 Å². The van der Waals surface area contributed by atoms with E-state index in [1.54, 1.807) is 5.57 Å². The molecule has 1 heteroatoms. The average Bonchev–Trinajstić information content (AvgIpc) is 2.27. The molecule has 0 aliphatic carbocycles. The van der Waals surface area contributed by atoms with Crippen LogP contribution >= 0.6 is 0 Å². The summed E-state index contributed by atoms with van der Waals surface area (Å²) in [6.45, 7) is 9.32. The highest BCUT2D eigenvalue weighted by molar-refractivity contribution is 5.16. The van der Waals surface area contributed by atoms with Crippen molar-refractivity contribution in [1.29, 1.82) is 0 Å². The van der Waals surface area contributed by atoms with Gasteiger partial charge >= 0.3 is 0 Å². The highest BCUT2D eigenvalue weighted by Gasteiger charge is 2.26. The molecule has 0 spiro atoms. The molecule has 1 aliphatic heterocycles. The molecule has 0 radical (unpaired) electrons. The van der Waals surface area contributed by atoms with Crippen LogP contribution in [0.1, 0.15) is 52.9 Å². The van der Waals surface area contributed by atoms with Crippen molar-refractivity contribution in [3.8, 4) is 0 Å². The summed E-state index contributed by atoms with van der Waals surface area (Å²) >= 11 is 0. The smallest absolute Gasteiger partial charge is 0.0137 e. The van der Waals surface area contributed by atoms with Crippen LogP contribution in [-0.4, -0.2) is 13.1 Å². The van der Waals surface area contributed by atoms with E-state index < -0.39 is 0 Å². The van der Waals surface area contributed by atoms with Gasteiger partial charge in [-0.15, -0.1) is 0 Å². The second kappa shape index (κ2) is 5.55. The number of hydrogen-bond acceptors (Lipinski definition) is 1. The monoisotopic (exact) mass is 195 g/mol. The van der Waals surface area contributed by atoms with Gasteiger partial charge in [0.1, 0.15) is 0 Å². The Morgan fingerprint density at radius 3 is 2.71 bits per heavy atom. The molecule has 1 aliphatic rings. The zero-order valence-electron chi connectivity index (χ0n) is 10.0. The van der Waals surface area contributed by atoms with Gasteiger partial charge in [-0.05, 0) is 31.2 Å². The van der Waals surface area contributed by atoms with Crippen molar-refractivity contribution in [2.45, 2.75) is 52.9 Å². The predicted molar refractivity (Wildman–Crippen MR) is 63.5 cm³/mol. The van der Waals surface area contributed by atoms with E-state index in [9.17, 15) is 0 Å². The molecule has 0 amide bonds. The quantitative estimate of drug-likeness (QED) is 0.662. The molecular weight excluding hydrogens is 170 g/mol. The molecule has 1 N–H and O–H groups in total. The van der Waals surface area contributed by atoms with E-state index >= 15 is 0 Å². The summed E-state index contributed by atoms with van der Waals surface area (Å²) in [4.78, 5) is 0. The fourth-order valence-corrected chi connectivity index (χ4v) is 2.30. The normalized spacial score (nSPS) is 21.5. The third kappa shape index (κ3) is 2.84. The summed E-state index contributed by atoms with van der Waals surface area (Å²) in [7, 11) is 0. The van der Waals surface area contributed by atoms with Crippen molar-refractivity contribution in [1.82, 2.24) is 5.32 Å². The van der Waals surface area contributed by atoms with Gasteiger partial charge in [0.05, 0.1) is 0 Å². The third-order valence-corrected chi connectivity index (χ3v) is 3.70. The fraction of sp³-hybridized carbons (Fsp3) is 0.846. The van der Waals surface area contributed by atoms with Gasteiger partial charge in [0, 0.05) is 6.54 Å². The molecule has 0 aromatic rings. The maximum Gasteiger partial charge on any atom is 0.0137 e. The minimum absolute atomic E-state index is 0.484. The number of unbranched alkanes of at least 4 members (excludes halogenated alkanes) is 1. The Kier molecular flexibility index (Phi) is 4.67. The first-order chi connectivity index (χ1) is 6.73. The third-order valence-electron chi connectivity index (χ3n) is 3.70. The summed E-state index contributed by atoms with van der Waals surface area (Å²) < 4.78 is 0. The molecule has 0 aromatic carbocycles. The number of nitrogens with one attached hydrogen (secondary N) is 1. The molecule has 14 heavy (non-hydrogen) atoms. The second-order valence-electron chi connectivity index (χ2n) is 4.70. The largest absolute Gasteiger partial charge is 0.313 e. The van der Waals surface area contributed by atoms with Gasteiger partial charge < -0.3 is 5.32 Å². The highest BCUT2D eigenvalue weighted by atomic mass is 14.9. The molecule has 1 heterocycles. The van der Waals surface area contributed by atoms with E-state index in [4.69, 9.17) is 0 Å². The van der Waals surface area contributed by atoms with Gasteiger partial charge in [-0.1, -0.05) is 45.3 Å². The van der Waals surface area contributed by atoms with Gasteiger partial charge in [-0.2, -0.15) is 0 Å². The first-order valence-corrected chi connectivity index (χ1v) is 6.13. The summed E-state index contributed by atoms with van der Waals surface area (Å²) in [5.74, 6) is 0.